The molecule has 1 heterocycles. The molecule has 0 aliphatic rings. The molecule has 0 bridgehead atoms. The summed E-state index contributed by atoms with van der Waals surface area (Å²) < 4.78 is 15.6. The molecule has 0 amide bonds. The zero-order chi connectivity index (χ0) is 11.7. The predicted octanol–water partition coefficient (Wildman–Crippen LogP) is 2.71. The van der Waals surface area contributed by atoms with Crippen LogP contribution in [0.2, 0.25) is 0 Å². The summed E-state index contributed by atoms with van der Waals surface area (Å²) in [7, 11) is 0. The molecule has 0 radical (unpaired) electrons. The van der Waals surface area contributed by atoms with E-state index in [1.54, 1.807) is 31.3 Å². The highest BCUT2D eigenvalue weighted by molar-refractivity contribution is 9.10. The smallest absolute Gasteiger partial charge is 0.145 e. The average molecular weight is 285 g/mol. The number of aliphatic hydroxyl groups is 1. The fourth-order valence-corrected chi connectivity index (χ4v) is 1.93. The van der Waals surface area contributed by atoms with Crippen molar-refractivity contribution in [2.45, 2.75) is 13.7 Å². The lowest BCUT2D eigenvalue weighted by atomic mass is 10.1. The van der Waals surface area contributed by atoms with E-state index < -0.39 is 0 Å². The van der Waals surface area contributed by atoms with E-state index in [0.717, 1.165) is 0 Å². The summed E-state index contributed by atoms with van der Waals surface area (Å²) in [5.41, 5.74) is 1.85. The van der Waals surface area contributed by atoms with E-state index in [4.69, 9.17) is 5.11 Å². The third-order valence-electron chi connectivity index (χ3n) is 2.33. The summed E-state index contributed by atoms with van der Waals surface area (Å²) in [4.78, 5) is 0. The summed E-state index contributed by atoms with van der Waals surface area (Å²) in [6.45, 7) is 1.57. The lowest BCUT2D eigenvalue weighted by Crippen LogP contribution is -1.96. The molecule has 0 saturated heterocycles. The molecule has 3 nitrogen and oxygen atoms in total. The molecule has 0 fully saturated rings. The van der Waals surface area contributed by atoms with Crippen LogP contribution in [-0.4, -0.2) is 14.9 Å². The molecule has 1 aromatic heterocycles. The van der Waals surface area contributed by atoms with Crippen molar-refractivity contribution in [2.24, 2.45) is 0 Å². The third-order valence-corrected chi connectivity index (χ3v) is 2.95. The van der Waals surface area contributed by atoms with Crippen LogP contribution in [0.15, 0.2) is 28.9 Å². The lowest BCUT2D eigenvalue weighted by Gasteiger charge is -2.02. The standard InChI is InChI=1S/C11H10BrFN2O/c1-7-9(5-15(6-16)14-7)8-3-2-4-10(12)11(8)13/h2-5,16H,6H2,1H3. The molecule has 1 N–H and O–H groups in total. The van der Waals surface area contributed by atoms with Gasteiger partial charge in [0.1, 0.15) is 12.5 Å². The third kappa shape index (κ3) is 1.88. The minimum absolute atomic E-state index is 0.212. The van der Waals surface area contributed by atoms with Crippen molar-refractivity contribution >= 4 is 15.9 Å². The Morgan fingerprint density at radius 2 is 2.19 bits per heavy atom. The number of rotatable bonds is 2. The summed E-state index contributed by atoms with van der Waals surface area (Å²) >= 11 is 3.14. The lowest BCUT2D eigenvalue weighted by molar-refractivity contribution is 0.195. The number of nitrogens with zero attached hydrogens (tertiary/aromatic N) is 2. The first-order valence-corrected chi connectivity index (χ1v) is 5.52. The van der Waals surface area contributed by atoms with Gasteiger partial charge in [-0.1, -0.05) is 12.1 Å². The average Bonchev–Trinajstić information content (AvgIpc) is 2.64. The van der Waals surface area contributed by atoms with Crippen LogP contribution in [0.5, 0.6) is 0 Å². The molecule has 2 aromatic rings. The number of halogens is 2. The van der Waals surface area contributed by atoms with E-state index in [-0.39, 0.29) is 12.5 Å². The minimum atomic E-state index is -0.317. The molecule has 0 unspecified atom stereocenters. The van der Waals surface area contributed by atoms with Crippen molar-refractivity contribution in [3.05, 3.63) is 40.4 Å². The van der Waals surface area contributed by atoms with Crippen LogP contribution in [0, 0.1) is 12.7 Å². The summed E-state index contributed by atoms with van der Waals surface area (Å²) in [5.74, 6) is -0.317. The molecule has 2 rings (SSSR count). The Kier molecular flexibility index (Phi) is 3.07. The maximum atomic E-state index is 13.8. The highest BCUT2D eigenvalue weighted by Crippen LogP contribution is 2.29. The predicted molar refractivity (Wildman–Crippen MR) is 62.3 cm³/mol. The number of aromatic nitrogens is 2. The number of hydrogen-bond donors (Lipinski definition) is 1. The van der Waals surface area contributed by atoms with Crippen LogP contribution < -0.4 is 0 Å². The van der Waals surface area contributed by atoms with E-state index in [2.05, 4.69) is 21.0 Å². The van der Waals surface area contributed by atoms with Gasteiger partial charge in [0, 0.05) is 17.3 Å². The maximum Gasteiger partial charge on any atom is 0.145 e. The largest absolute Gasteiger partial charge is 0.374 e. The highest BCUT2D eigenvalue weighted by Gasteiger charge is 2.13. The van der Waals surface area contributed by atoms with Crippen LogP contribution in [0.3, 0.4) is 0 Å². The van der Waals surface area contributed by atoms with E-state index in [9.17, 15) is 4.39 Å². The Morgan fingerprint density at radius 1 is 1.44 bits per heavy atom. The van der Waals surface area contributed by atoms with Gasteiger partial charge in [0.05, 0.1) is 10.2 Å². The van der Waals surface area contributed by atoms with Gasteiger partial charge in [-0.2, -0.15) is 5.10 Å². The number of hydrogen-bond acceptors (Lipinski definition) is 2. The van der Waals surface area contributed by atoms with Crippen LogP contribution in [-0.2, 0) is 6.73 Å². The van der Waals surface area contributed by atoms with Gasteiger partial charge in [-0.25, -0.2) is 9.07 Å². The molecule has 0 spiro atoms. The van der Waals surface area contributed by atoms with E-state index in [1.165, 1.54) is 4.68 Å². The zero-order valence-corrected chi connectivity index (χ0v) is 10.2. The van der Waals surface area contributed by atoms with E-state index in [0.29, 0.717) is 21.3 Å². The normalized spacial score (nSPS) is 10.8. The van der Waals surface area contributed by atoms with Crippen LogP contribution in [0.4, 0.5) is 4.39 Å². The van der Waals surface area contributed by atoms with Crippen molar-refractivity contribution in [3.63, 3.8) is 0 Å². The van der Waals surface area contributed by atoms with Gasteiger partial charge in [-0.15, -0.1) is 0 Å². The van der Waals surface area contributed by atoms with Gasteiger partial charge in [-0.3, -0.25) is 0 Å². The topological polar surface area (TPSA) is 38.0 Å². The van der Waals surface area contributed by atoms with Crippen molar-refractivity contribution in [1.29, 1.82) is 0 Å². The Hall–Kier alpha value is -1.20. The van der Waals surface area contributed by atoms with Crippen LogP contribution in [0.25, 0.3) is 11.1 Å². The monoisotopic (exact) mass is 284 g/mol. The first-order chi connectivity index (χ1) is 7.63. The van der Waals surface area contributed by atoms with E-state index >= 15 is 0 Å². The molecule has 84 valence electrons. The first-order valence-electron chi connectivity index (χ1n) is 4.72. The second kappa shape index (κ2) is 4.35. The van der Waals surface area contributed by atoms with Gasteiger partial charge in [0.15, 0.2) is 0 Å². The Labute approximate surface area is 101 Å². The van der Waals surface area contributed by atoms with Crippen molar-refractivity contribution in [3.8, 4) is 11.1 Å². The second-order valence-electron chi connectivity index (χ2n) is 3.41. The van der Waals surface area contributed by atoms with Crippen molar-refractivity contribution in [2.75, 3.05) is 0 Å². The molecule has 0 atom stereocenters. The SMILES string of the molecule is Cc1nn(CO)cc1-c1cccc(Br)c1F. The fourth-order valence-electron chi connectivity index (χ4n) is 1.57. The van der Waals surface area contributed by atoms with Crippen LogP contribution in [0.1, 0.15) is 5.69 Å². The minimum Gasteiger partial charge on any atom is -0.374 e. The number of benzene rings is 1. The fraction of sp³-hybridized carbons (Fsp3) is 0.182. The molecule has 0 saturated carbocycles. The summed E-state index contributed by atoms with van der Waals surface area (Å²) in [6, 6.07) is 5.09. The summed E-state index contributed by atoms with van der Waals surface area (Å²) in [5, 5.41) is 13.0. The highest BCUT2D eigenvalue weighted by atomic mass is 79.9. The quantitative estimate of drug-likeness (QED) is 0.921. The van der Waals surface area contributed by atoms with Crippen molar-refractivity contribution < 1.29 is 9.50 Å². The molecule has 0 aliphatic heterocycles. The first kappa shape index (κ1) is 11.3. The molecular weight excluding hydrogens is 275 g/mol. The Bertz CT molecular complexity index is 525. The molecule has 0 aliphatic carbocycles. The number of aliphatic hydroxyl groups excluding tert-OH is 1. The second-order valence-corrected chi connectivity index (χ2v) is 4.26. The van der Waals surface area contributed by atoms with Gasteiger partial charge >= 0.3 is 0 Å². The molecule has 16 heavy (non-hydrogen) atoms. The summed E-state index contributed by atoms with van der Waals surface area (Å²) in [6.07, 6.45) is 1.63. The van der Waals surface area contributed by atoms with Gasteiger partial charge in [0.2, 0.25) is 0 Å². The molecule has 5 heteroatoms. The zero-order valence-electron chi connectivity index (χ0n) is 8.61. The Morgan fingerprint density at radius 3 is 2.81 bits per heavy atom. The maximum absolute atomic E-state index is 13.8. The van der Waals surface area contributed by atoms with Gasteiger partial charge in [-0.05, 0) is 28.9 Å². The van der Waals surface area contributed by atoms with Gasteiger partial charge in [0.25, 0.3) is 0 Å². The molecular formula is C11H10BrFN2O. The Balaban J connectivity index is 2.58. The van der Waals surface area contributed by atoms with E-state index in [1.807, 2.05) is 0 Å². The molecule has 1 aromatic carbocycles. The van der Waals surface area contributed by atoms with Crippen LogP contribution >= 0.6 is 15.9 Å². The number of aryl methyl sites for hydroxylation is 1. The van der Waals surface area contributed by atoms with Crippen molar-refractivity contribution in [1.82, 2.24) is 9.78 Å². The van der Waals surface area contributed by atoms with Gasteiger partial charge < -0.3 is 5.11 Å².